The molecule has 0 unspecified atom stereocenters. The summed E-state index contributed by atoms with van der Waals surface area (Å²) in [7, 11) is 0. The van der Waals surface area contributed by atoms with Gasteiger partial charge in [-0.3, -0.25) is 14.8 Å². The maximum absolute atomic E-state index is 11.9. The van der Waals surface area contributed by atoms with E-state index >= 15 is 0 Å². The maximum atomic E-state index is 11.9. The van der Waals surface area contributed by atoms with Crippen LogP contribution in [0.5, 0.6) is 5.75 Å². The molecule has 0 aliphatic heterocycles. The number of nitrogens with zero attached hydrogens (tertiary/aromatic N) is 3. The van der Waals surface area contributed by atoms with Crippen molar-refractivity contribution >= 4 is 40.2 Å². The van der Waals surface area contributed by atoms with Crippen molar-refractivity contribution in [2.75, 3.05) is 10.2 Å². The minimum Gasteiger partial charge on any atom is -0.491 e. The van der Waals surface area contributed by atoms with Crippen molar-refractivity contribution in [2.24, 2.45) is 0 Å². The molecule has 2 heterocycles. The lowest BCUT2D eigenvalue weighted by Gasteiger charge is -2.21. The van der Waals surface area contributed by atoms with Crippen LogP contribution in [0, 0.1) is 0 Å². The molecule has 2 aromatic heterocycles. The van der Waals surface area contributed by atoms with Crippen molar-refractivity contribution in [3.05, 3.63) is 67.0 Å². The molecule has 2 N–H and O–H groups in total. The molecule has 1 amide bonds. The van der Waals surface area contributed by atoms with E-state index in [0.29, 0.717) is 11.5 Å². The fourth-order valence-corrected chi connectivity index (χ4v) is 3.05. The number of hydrogen-bond donors (Lipinski definition) is 2. The normalized spacial score (nSPS) is 10.9. The Bertz CT molecular complexity index is 1120. The lowest BCUT2D eigenvalue weighted by molar-refractivity contribution is -0.106. The standard InChI is InChI=1S/C22H21N5O2/c1-15(2)29-19-9-7-18(8-10-19)27(14-28)21-4-3-11-23-22(21)25-17-6-5-16-13-24-26-20(16)12-17/h3-15H,1-2H3,(H,23,25)(H,24,26). The number of anilines is 4. The highest BCUT2D eigenvalue weighted by atomic mass is 16.5. The van der Waals surface area contributed by atoms with E-state index in [2.05, 4.69) is 20.5 Å². The van der Waals surface area contributed by atoms with Crippen LogP contribution in [0.2, 0.25) is 0 Å². The van der Waals surface area contributed by atoms with Gasteiger partial charge < -0.3 is 10.1 Å². The summed E-state index contributed by atoms with van der Waals surface area (Å²) in [5.41, 5.74) is 3.12. The summed E-state index contributed by atoms with van der Waals surface area (Å²) in [5, 5.41) is 11.3. The number of pyridine rings is 1. The number of aromatic nitrogens is 3. The van der Waals surface area contributed by atoms with Gasteiger partial charge in [0.15, 0.2) is 5.82 Å². The van der Waals surface area contributed by atoms with Gasteiger partial charge in [-0.25, -0.2) is 4.98 Å². The number of carbonyl (C=O) groups excluding carboxylic acids is 1. The number of nitrogens with one attached hydrogen (secondary N) is 2. The molecule has 0 radical (unpaired) electrons. The van der Waals surface area contributed by atoms with Crippen LogP contribution in [0.25, 0.3) is 10.9 Å². The Morgan fingerprint density at radius 3 is 2.72 bits per heavy atom. The zero-order chi connectivity index (χ0) is 20.2. The van der Waals surface area contributed by atoms with Crippen molar-refractivity contribution in [1.82, 2.24) is 15.2 Å². The van der Waals surface area contributed by atoms with Crippen LogP contribution in [0.3, 0.4) is 0 Å². The molecular formula is C22H21N5O2. The molecule has 29 heavy (non-hydrogen) atoms. The predicted molar refractivity (Wildman–Crippen MR) is 114 cm³/mol. The largest absolute Gasteiger partial charge is 0.491 e. The van der Waals surface area contributed by atoms with E-state index in [4.69, 9.17) is 4.74 Å². The third-order valence-electron chi connectivity index (χ3n) is 4.34. The smallest absolute Gasteiger partial charge is 0.218 e. The Labute approximate surface area is 168 Å². The van der Waals surface area contributed by atoms with E-state index < -0.39 is 0 Å². The van der Waals surface area contributed by atoms with Gasteiger partial charge in [0.1, 0.15) is 5.75 Å². The lowest BCUT2D eigenvalue weighted by Crippen LogP contribution is -2.16. The number of amides is 1. The molecule has 0 bridgehead atoms. The molecule has 4 rings (SSSR count). The number of ether oxygens (including phenoxy) is 1. The first-order valence-electron chi connectivity index (χ1n) is 9.30. The van der Waals surface area contributed by atoms with Crippen molar-refractivity contribution in [3.63, 3.8) is 0 Å². The van der Waals surface area contributed by atoms with E-state index in [1.165, 1.54) is 0 Å². The fourth-order valence-electron chi connectivity index (χ4n) is 3.05. The number of rotatable bonds is 7. The molecule has 4 aromatic rings. The van der Waals surface area contributed by atoms with E-state index in [9.17, 15) is 4.79 Å². The highest BCUT2D eigenvalue weighted by molar-refractivity contribution is 5.92. The molecule has 0 atom stereocenters. The van der Waals surface area contributed by atoms with Crippen molar-refractivity contribution in [3.8, 4) is 5.75 Å². The van der Waals surface area contributed by atoms with Gasteiger partial charge in [0, 0.05) is 23.0 Å². The summed E-state index contributed by atoms with van der Waals surface area (Å²) in [4.78, 5) is 17.9. The summed E-state index contributed by atoms with van der Waals surface area (Å²) in [6, 6.07) is 16.9. The van der Waals surface area contributed by atoms with Crippen molar-refractivity contribution in [2.45, 2.75) is 20.0 Å². The molecule has 0 fully saturated rings. The molecule has 0 spiro atoms. The Kier molecular flexibility index (Phi) is 5.11. The Morgan fingerprint density at radius 2 is 1.97 bits per heavy atom. The quantitative estimate of drug-likeness (QED) is 0.446. The van der Waals surface area contributed by atoms with Crippen LogP contribution in [0.4, 0.5) is 22.9 Å². The zero-order valence-corrected chi connectivity index (χ0v) is 16.2. The first-order valence-corrected chi connectivity index (χ1v) is 9.30. The second-order valence-corrected chi connectivity index (χ2v) is 6.80. The number of fused-ring (bicyclic) bond motifs is 1. The summed E-state index contributed by atoms with van der Waals surface area (Å²) in [6.45, 7) is 3.94. The summed E-state index contributed by atoms with van der Waals surface area (Å²) in [5.74, 6) is 1.33. The lowest BCUT2D eigenvalue weighted by atomic mass is 10.2. The predicted octanol–water partition coefficient (Wildman–Crippen LogP) is 4.78. The van der Waals surface area contributed by atoms with Gasteiger partial charge in [-0.05, 0) is 68.4 Å². The van der Waals surface area contributed by atoms with E-state index in [1.807, 2.05) is 62.4 Å². The third kappa shape index (κ3) is 4.03. The second kappa shape index (κ2) is 8.02. The molecular weight excluding hydrogens is 366 g/mol. The first-order chi connectivity index (χ1) is 14.1. The van der Waals surface area contributed by atoms with Crippen LogP contribution in [0.1, 0.15) is 13.8 Å². The summed E-state index contributed by atoms with van der Waals surface area (Å²) < 4.78 is 5.68. The highest BCUT2D eigenvalue weighted by Gasteiger charge is 2.14. The Hall–Kier alpha value is -3.87. The number of H-pyrrole nitrogens is 1. The minimum absolute atomic E-state index is 0.0874. The van der Waals surface area contributed by atoms with Gasteiger partial charge in [0.05, 0.1) is 23.5 Å². The molecule has 0 aliphatic carbocycles. The fraction of sp³-hybridized carbons (Fsp3) is 0.136. The first kappa shape index (κ1) is 18.5. The van der Waals surface area contributed by atoms with Gasteiger partial charge in [-0.1, -0.05) is 0 Å². The SMILES string of the molecule is CC(C)Oc1ccc(N(C=O)c2cccnc2Nc2ccc3cn[nH]c3c2)cc1. The molecule has 146 valence electrons. The van der Waals surface area contributed by atoms with E-state index in [-0.39, 0.29) is 6.10 Å². The second-order valence-electron chi connectivity index (χ2n) is 6.80. The number of aromatic amines is 1. The molecule has 0 aliphatic rings. The maximum Gasteiger partial charge on any atom is 0.218 e. The van der Waals surface area contributed by atoms with Gasteiger partial charge >= 0.3 is 0 Å². The van der Waals surface area contributed by atoms with E-state index in [1.54, 1.807) is 23.4 Å². The van der Waals surface area contributed by atoms with Gasteiger partial charge in [0.25, 0.3) is 0 Å². The molecule has 7 heteroatoms. The van der Waals surface area contributed by atoms with Crippen LogP contribution < -0.4 is 15.0 Å². The summed E-state index contributed by atoms with van der Waals surface area (Å²) >= 11 is 0. The van der Waals surface area contributed by atoms with Crippen LogP contribution in [0.15, 0.2) is 67.0 Å². The van der Waals surface area contributed by atoms with Crippen molar-refractivity contribution < 1.29 is 9.53 Å². The van der Waals surface area contributed by atoms with Gasteiger partial charge in [-0.15, -0.1) is 0 Å². The third-order valence-corrected chi connectivity index (χ3v) is 4.34. The zero-order valence-electron chi connectivity index (χ0n) is 16.2. The topological polar surface area (TPSA) is 83.1 Å². The molecule has 0 saturated carbocycles. The Morgan fingerprint density at radius 1 is 1.14 bits per heavy atom. The molecule has 0 saturated heterocycles. The Balaban J connectivity index is 1.64. The van der Waals surface area contributed by atoms with E-state index in [0.717, 1.165) is 34.4 Å². The number of benzene rings is 2. The molecule has 7 nitrogen and oxygen atoms in total. The average Bonchev–Trinajstić information content (AvgIpc) is 3.18. The number of carbonyl (C=O) groups is 1. The van der Waals surface area contributed by atoms with Crippen LogP contribution >= 0.6 is 0 Å². The average molecular weight is 387 g/mol. The number of hydrogen-bond acceptors (Lipinski definition) is 5. The minimum atomic E-state index is 0.0874. The summed E-state index contributed by atoms with van der Waals surface area (Å²) in [6.07, 6.45) is 4.32. The van der Waals surface area contributed by atoms with Gasteiger partial charge in [-0.2, -0.15) is 5.10 Å². The van der Waals surface area contributed by atoms with Crippen LogP contribution in [-0.2, 0) is 4.79 Å². The van der Waals surface area contributed by atoms with Crippen LogP contribution in [-0.4, -0.2) is 27.7 Å². The molecule has 2 aromatic carbocycles. The highest BCUT2D eigenvalue weighted by Crippen LogP contribution is 2.32. The van der Waals surface area contributed by atoms with Gasteiger partial charge in [0.2, 0.25) is 6.41 Å². The van der Waals surface area contributed by atoms with Crippen molar-refractivity contribution in [1.29, 1.82) is 0 Å². The monoisotopic (exact) mass is 387 g/mol.